The minimum Gasteiger partial charge on any atom is -0.497 e. The number of aromatic nitrogens is 3. The summed E-state index contributed by atoms with van der Waals surface area (Å²) in [6.07, 6.45) is 1.26. The Labute approximate surface area is 184 Å². The van der Waals surface area contributed by atoms with E-state index in [0.29, 0.717) is 29.7 Å². The number of nitrogens with one attached hydrogen (secondary N) is 1. The van der Waals surface area contributed by atoms with Gasteiger partial charge >= 0.3 is 0 Å². The minimum absolute atomic E-state index is 0.115. The molecule has 0 spiro atoms. The fourth-order valence-electron chi connectivity index (χ4n) is 4.45. The summed E-state index contributed by atoms with van der Waals surface area (Å²) in [5.41, 5.74) is 2.39. The van der Waals surface area contributed by atoms with Crippen molar-refractivity contribution < 1.29 is 14.3 Å². The lowest BCUT2D eigenvalue weighted by molar-refractivity contribution is -0.118. The molecule has 0 saturated carbocycles. The molecule has 0 fully saturated rings. The second-order valence-electron chi connectivity index (χ2n) is 8.65. The number of allylic oxidation sites excluding steroid dienone is 2. The molecule has 7 nitrogen and oxygen atoms in total. The van der Waals surface area contributed by atoms with Crippen LogP contribution < -0.4 is 14.8 Å². The van der Waals surface area contributed by atoms with Gasteiger partial charge in [0.15, 0.2) is 11.6 Å². The first-order valence-electron chi connectivity index (χ1n) is 10.2. The summed E-state index contributed by atoms with van der Waals surface area (Å²) in [6.45, 7) is 4.24. The Balaban J connectivity index is 1.72. The Morgan fingerprint density at radius 2 is 2.03 bits per heavy atom. The summed E-state index contributed by atoms with van der Waals surface area (Å²) in [6, 6.07) is 9.22. The highest BCUT2D eigenvalue weighted by Crippen LogP contribution is 2.47. The Morgan fingerprint density at radius 1 is 1.19 bits per heavy atom. The van der Waals surface area contributed by atoms with E-state index >= 15 is 0 Å². The number of hydrogen-bond acceptors (Lipinski definition) is 7. The Kier molecular flexibility index (Phi) is 4.62. The predicted octanol–water partition coefficient (Wildman–Crippen LogP) is 4.68. The monoisotopic (exact) mass is 436 g/mol. The molecular formula is C23H24N4O3S. The van der Waals surface area contributed by atoms with Gasteiger partial charge in [0.1, 0.15) is 17.5 Å². The van der Waals surface area contributed by atoms with Crippen molar-refractivity contribution in [2.24, 2.45) is 5.41 Å². The molecule has 8 heteroatoms. The van der Waals surface area contributed by atoms with Crippen molar-refractivity contribution in [1.29, 1.82) is 0 Å². The van der Waals surface area contributed by atoms with Gasteiger partial charge in [0.05, 0.1) is 19.1 Å². The molecule has 1 aliphatic carbocycles. The number of methoxy groups -OCH3 is 2. The third-order valence-corrected chi connectivity index (χ3v) is 6.67. The van der Waals surface area contributed by atoms with Gasteiger partial charge in [-0.2, -0.15) is 4.98 Å². The van der Waals surface area contributed by atoms with Crippen molar-refractivity contribution in [3.05, 3.63) is 52.5 Å². The molecule has 1 aliphatic heterocycles. The highest BCUT2D eigenvalue weighted by molar-refractivity contribution is 7.13. The van der Waals surface area contributed by atoms with E-state index in [1.54, 1.807) is 25.6 Å². The SMILES string of the molecule is COc1ccc(C2C3=C(CC(C)(C)CC3=O)Nc3nc(-c4cccs4)nn32)c(OC)c1. The van der Waals surface area contributed by atoms with Crippen LogP contribution in [0, 0.1) is 5.41 Å². The van der Waals surface area contributed by atoms with E-state index in [2.05, 4.69) is 19.2 Å². The lowest BCUT2D eigenvalue weighted by Crippen LogP contribution is -2.36. The number of anilines is 1. The summed E-state index contributed by atoms with van der Waals surface area (Å²) < 4.78 is 12.9. The third kappa shape index (κ3) is 3.31. The quantitative estimate of drug-likeness (QED) is 0.640. The molecule has 2 aromatic heterocycles. The normalized spacial score (nSPS) is 19.5. The van der Waals surface area contributed by atoms with E-state index < -0.39 is 6.04 Å². The highest BCUT2D eigenvalue weighted by atomic mass is 32.1. The number of ketones is 1. The Morgan fingerprint density at radius 3 is 2.74 bits per heavy atom. The summed E-state index contributed by atoms with van der Waals surface area (Å²) >= 11 is 1.59. The molecule has 3 aromatic rings. The van der Waals surface area contributed by atoms with Gasteiger partial charge in [-0.05, 0) is 35.4 Å². The number of hydrogen-bond donors (Lipinski definition) is 1. The molecule has 3 heterocycles. The van der Waals surface area contributed by atoms with Crippen LogP contribution in [0.3, 0.4) is 0 Å². The van der Waals surface area contributed by atoms with Crippen molar-refractivity contribution in [1.82, 2.24) is 14.8 Å². The van der Waals surface area contributed by atoms with Gasteiger partial charge < -0.3 is 14.8 Å². The Bertz CT molecular complexity index is 1190. The van der Waals surface area contributed by atoms with Crippen LogP contribution in [-0.2, 0) is 4.79 Å². The molecule has 0 radical (unpaired) electrons. The van der Waals surface area contributed by atoms with Crippen molar-refractivity contribution in [3.8, 4) is 22.2 Å². The molecule has 1 N–H and O–H groups in total. The Hall–Kier alpha value is -3.13. The molecule has 0 saturated heterocycles. The lowest BCUT2D eigenvalue weighted by Gasteiger charge is -2.38. The zero-order valence-electron chi connectivity index (χ0n) is 17.9. The number of fused-ring (bicyclic) bond motifs is 1. The largest absolute Gasteiger partial charge is 0.497 e. The van der Waals surface area contributed by atoms with Gasteiger partial charge in [-0.25, -0.2) is 4.68 Å². The van der Waals surface area contributed by atoms with E-state index in [0.717, 1.165) is 28.1 Å². The van der Waals surface area contributed by atoms with E-state index in [-0.39, 0.29) is 11.2 Å². The maximum atomic E-state index is 13.4. The van der Waals surface area contributed by atoms with Crippen LogP contribution in [0.4, 0.5) is 5.95 Å². The smallest absolute Gasteiger partial charge is 0.226 e. The third-order valence-electron chi connectivity index (χ3n) is 5.81. The molecule has 0 amide bonds. The number of ether oxygens (including phenoxy) is 2. The maximum absolute atomic E-state index is 13.4. The first kappa shape index (κ1) is 19.8. The molecule has 160 valence electrons. The van der Waals surface area contributed by atoms with Crippen molar-refractivity contribution >= 4 is 23.1 Å². The number of nitrogens with zero attached hydrogens (tertiary/aromatic N) is 3. The average Bonchev–Trinajstić information content (AvgIpc) is 3.40. The second kappa shape index (κ2) is 7.23. The van der Waals surface area contributed by atoms with Crippen LogP contribution in [0.1, 0.15) is 38.3 Å². The van der Waals surface area contributed by atoms with Gasteiger partial charge in [0.25, 0.3) is 0 Å². The van der Waals surface area contributed by atoms with Crippen molar-refractivity contribution in [3.63, 3.8) is 0 Å². The van der Waals surface area contributed by atoms with Crippen LogP contribution in [0.15, 0.2) is 47.0 Å². The number of rotatable bonds is 4. The van der Waals surface area contributed by atoms with Gasteiger partial charge in [0.2, 0.25) is 5.95 Å². The molecule has 1 aromatic carbocycles. The molecule has 1 atom stereocenters. The van der Waals surface area contributed by atoms with E-state index in [4.69, 9.17) is 19.6 Å². The van der Waals surface area contributed by atoms with Gasteiger partial charge in [-0.3, -0.25) is 4.79 Å². The fraction of sp³-hybridized carbons (Fsp3) is 0.348. The minimum atomic E-state index is -0.420. The highest BCUT2D eigenvalue weighted by Gasteiger charge is 2.42. The maximum Gasteiger partial charge on any atom is 0.226 e. The molecular weight excluding hydrogens is 412 g/mol. The molecule has 0 bridgehead atoms. The van der Waals surface area contributed by atoms with Crippen LogP contribution in [0.25, 0.3) is 10.7 Å². The standard InChI is InChI=1S/C23H24N4O3S/c1-23(2)11-15-19(16(28)12-23)20(14-8-7-13(29-3)10-17(14)30-4)27-22(24-15)25-21(26-27)18-6-5-9-31-18/h5-10,20H,11-12H2,1-4H3,(H,24,25,26). The van der Waals surface area contributed by atoms with E-state index in [1.165, 1.54) is 0 Å². The zero-order valence-corrected chi connectivity index (χ0v) is 18.7. The zero-order chi connectivity index (χ0) is 21.8. The number of carbonyl (C=O) groups excluding carboxylic acids is 1. The lowest BCUT2D eigenvalue weighted by atomic mass is 9.73. The van der Waals surface area contributed by atoms with Crippen molar-refractivity contribution in [2.45, 2.75) is 32.7 Å². The molecule has 2 aliphatic rings. The van der Waals surface area contributed by atoms with Gasteiger partial charge in [-0.1, -0.05) is 19.9 Å². The van der Waals surface area contributed by atoms with Crippen LogP contribution in [0.2, 0.25) is 0 Å². The van der Waals surface area contributed by atoms with Gasteiger partial charge in [0, 0.05) is 29.3 Å². The summed E-state index contributed by atoms with van der Waals surface area (Å²) in [5, 5.41) is 10.2. The molecule has 1 unspecified atom stereocenters. The number of thiophene rings is 1. The van der Waals surface area contributed by atoms with Crippen LogP contribution >= 0.6 is 11.3 Å². The van der Waals surface area contributed by atoms with Gasteiger partial charge in [-0.15, -0.1) is 16.4 Å². The first-order valence-corrected chi connectivity index (χ1v) is 11.0. The fourth-order valence-corrected chi connectivity index (χ4v) is 5.10. The van der Waals surface area contributed by atoms with Crippen LogP contribution in [-0.4, -0.2) is 34.8 Å². The van der Waals surface area contributed by atoms with Crippen LogP contribution in [0.5, 0.6) is 11.5 Å². The first-order chi connectivity index (χ1) is 14.9. The number of Topliss-reactive ketones (excluding diaryl/α,β-unsaturated/α-hetero) is 1. The topological polar surface area (TPSA) is 78.3 Å². The molecule has 5 rings (SSSR count). The van der Waals surface area contributed by atoms with E-state index in [9.17, 15) is 4.79 Å². The summed E-state index contributed by atoms with van der Waals surface area (Å²) in [4.78, 5) is 19.1. The van der Waals surface area contributed by atoms with E-state index in [1.807, 2.05) is 40.4 Å². The van der Waals surface area contributed by atoms with Crippen molar-refractivity contribution in [2.75, 3.05) is 19.5 Å². The molecule has 31 heavy (non-hydrogen) atoms. The summed E-state index contributed by atoms with van der Waals surface area (Å²) in [7, 11) is 3.24. The number of benzene rings is 1. The second-order valence-corrected chi connectivity index (χ2v) is 9.60. The predicted molar refractivity (Wildman–Crippen MR) is 120 cm³/mol. The number of carbonyl (C=O) groups is 1. The summed E-state index contributed by atoms with van der Waals surface area (Å²) in [5.74, 6) is 2.74. The average molecular weight is 437 g/mol.